The average Bonchev–Trinajstić information content (AvgIpc) is 3.30. The minimum absolute atomic E-state index is 0.239. The number of amides is 3. The Bertz CT molecular complexity index is 882. The van der Waals surface area contributed by atoms with Gasteiger partial charge >= 0.3 is 11.9 Å². The molecule has 4 atom stereocenters. The molecule has 1 aromatic heterocycles. The predicted molar refractivity (Wildman–Crippen MR) is 101 cm³/mol. The van der Waals surface area contributed by atoms with E-state index in [1.807, 2.05) is 0 Å². The first-order valence-corrected chi connectivity index (χ1v) is 9.40. The number of carboxylic acid groups (broad SMARTS) is 2. The van der Waals surface area contributed by atoms with Crippen LogP contribution in [0.3, 0.4) is 0 Å². The van der Waals surface area contributed by atoms with Crippen molar-refractivity contribution in [3.63, 3.8) is 0 Å². The molecule has 6 N–H and O–H groups in total. The van der Waals surface area contributed by atoms with Crippen molar-refractivity contribution >= 4 is 35.4 Å². The number of aromatic amines is 1. The minimum atomic E-state index is -1.56. The number of nitrogens with one attached hydrogen (secondary N) is 2. The third kappa shape index (κ3) is 5.72. The average molecular weight is 437 g/mol. The molecule has 1 aromatic rings. The fourth-order valence-electron chi connectivity index (χ4n) is 3.19. The molecule has 2 heterocycles. The van der Waals surface area contributed by atoms with E-state index in [1.54, 1.807) is 0 Å². The van der Waals surface area contributed by atoms with Gasteiger partial charge in [0.15, 0.2) is 5.78 Å². The lowest BCUT2D eigenvalue weighted by Gasteiger charge is -2.24. The summed E-state index contributed by atoms with van der Waals surface area (Å²) in [7, 11) is 0. The number of ketones is 1. The minimum Gasteiger partial charge on any atom is -0.481 e. The number of likely N-dealkylation sites (tertiary alicyclic amines) is 1. The maximum absolute atomic E-state index is 12.9. The first-order chi connectivity index (χ1) is 14.5. The Morgan fingerprint density at radius 1 is 1.32 bits per heavy atom. The van der Waals surface area contributed by atoms with E-state index in [2.05, 4.69) is 15.3 Å². The lowest BCUT2D eigenvalue weighted by molar-refractivity contribution is -0.155. The fraction of sp³-hybridized carbons (Fsp3) is 0.500. The highest BCUT2D eigenvalue weighted by atomic mass is 16.4. The Hall–Kier alpha value is -3.61. The van der Waals surface area contributed by atoms with Crippen molar-refractivity contribution in [3.05, 3.63) is 18.2 Å². The van der Waals surface area contributed by atoms with Crippen molar-refractivity contribution in [2.75, 3.05) is 0 Å². The number of imidazole rings is 1. The Morgan fingerprint density at radius 2 is 2.00 bits per heavy atom. The number of imide groups is 1. The fourth-order valence-corrected chi connectivity index (χ4v) is 3.19. The molecule has 0 radical (unpaired) electrons. The molecule has 168 valence electrons. The first kappa shape index (κ1) is 23.7. The van der Waals surface area contributed by atoms with Crippen molar-refractivity contribution in [2.24, 2.45) is 11.7 Å². The van der Waals surface area contributed by atoms with Gasteiger partial charge in [0.05, 0.1) is 18.4 Å². The van der Waals surface area contributed by atoms with Crippen LogP contribution < -0.4 is 11.1 Å². The second-order valence-corrected chi connectivity index (χ2v) is 7.18. The molecule has 1 aliphatic rings. The van der Waals surface area contributed by atoms with E-state index in [9.17, 15) is 33.9 Å². The third-order valence-corrected chi connectivity index (χ3v) is 4.81. The zero-order chi connectivity index (χ0) is 23.3. The standard InChI is InChI=1S/C18H23N5O8/c1-8(19)16(28)22-11(2-3-14(25)26)15(27)10-5-13(24)23(17(10)29)12(18(30)31)4-9-6-20-7-21-9/h6-8,10-12H,2-5,19H2,1H3,(H,20,21)(H,22,28)(H,25,26)(H,30,31)/t8-,10+,11-,12-/m0/s1. The number of hydrogen-bond acceptors (Lipinski definition) is 8. The molecule has 2 rings (SSSR count). The molecule has 1 saturated heterocycles. The normalized spacial score (nSPS) is 19.0. The van der Waals surface area contributed by atoms with Crippen LogP contribution in [0.5, 0.6) is 0 Å². The van der Waals surface area contributed by atoms with Gasteiger partial charge < -0.3 is 26.2 Å². The molecule has 0 bridgehead atoms. The number of nitrogens with two attached hydrogens (primary N) is 1. The first-order valence-electron chi connectivity index (χ1n) is 9.40. The van der Waals surface area contributed by atoms with Crippen LogP contribution in [0.25, 0.3) is 0 Å². The summed E-state index contributed by atoms with van der Waals surface area (Å²) in [6, 6.07) is -3.93. The van der Waals surface area contributed by atoms with Crippen molar-refractivity contribution in [1.29, 1.82) is 0 Å². The number of aromatic nitrogens is 2. The Labute approximate surface area is 176 Å². The van der Waals surface area contributed by atoms with Gasteiger partial charge in [0.1, 0.15) is 12.0 Å². The summed E-state index contributed by atoms with van der Waals surface area (Å²) in [5.41, 5.74) is 5.83. The van der Waals surface area contributed by atoms with Crippen molar-refractivity contribution in [2.45, 2.75) is 50.7 Å². The van der Waals surface area contributed by atoms with Gasteiger partial charge in [-0.3, -0.25) is 28.9 Å². The molecule has 31 heavy (non-hydrogen) atoms. The summed E-state index contributed by atoms with van der Waals surface area (Å²) in [6.07, 6.45) is 1.03. The number of carbonyl (C=O) groups excluding carboxylic acids is 4. The molecule has 13 nitrogen and oxygen atoms in total. The molecular formula is C18H23N5O8. The van der Waals surface area contributed by atoms with E-state index in [0.717, 1.165) is 0 Å². The van der Waals surface area contributed by atoms with Gasteiger partial charge in [-0.25, -0.2) is 9.78 Å². The molecular weight excluding hydrogens is 414 g/mol. The van der Waals surface area contributed by atoms with Gasteiger partial charge in [-0.1, -0.05) is 0 Å². The second-order valence-electron chi connectivity index (χ2n) is 7.18. The van der Waals surface area contributed by atoms with E-state index in [1.165, 1.54) is 19.4 Å². The van der Waals surface area contributed by atoms with Crippen LogP contribution in [-0.2, 0) is 35.2 Å². The SMILES string of the molecule is C[C@H](N)C(=O)N[C@@H](CCC(=O)O)C(=O)[C@H]1CC(=O)N([C@@H](Cc2cnc[nH]2)C(=O)O)C1=O. The highest BCUT2D eigenvalue weighted by Gasteiger charge is 2.49. The Morgan fingerprint density at radius 3 is 2.52 bits per heavy atom. The van der Waals surface area contributed by atoms with Crippen molar-refractivity contribution < 1.29 is 39.0 Å². The van der Waals surface area contributed by atoms with Crippen LogP contribution in [0, 0.1) is 5.92 Å². The molecule has 0 aliphatic carbocycles. The number of aliphatic carboxylic acids is 2. The van der Waals surface area contributed by atoms with Crippen LogP contribution in [0.1, 0.15) is 31.9 Å². The Balaban J connectivity index is 2.23. The zero-order valence-electron chi connectivity index (χ0n) is 16.6. The van der Waals surface area contributed by atoms with Crippen LogP contribution in [0.2, 0.25) is 0 Å². The third-order valence-electron chi connectivity index (χ3n) is 4.81. The predicted octanol–water partition coefficient (Wildman–Crippen LogP) is -1.95. The van der Waals surface area contributed by atoms with Gasteiger partial charge in [0.25, 0.3) is 0 Å². The number of H-pyrrole nitrogens is 1. The van der Waals surface area contributed by atoms with Crippen LogP contribution >= 0.6 is 0 Å². The molecule has 1 fully saturated rings. The highest BCUT2D eigenvalue weighted by Crippen LogP contribution is 2.26. The highest BCUT2D eigenvalue weighted by molar-refractivity contribution is 6.17. The van der Waals surface area contributed by atoms with Gasteiger partial charge in [-0.05, 0) is 13.3 Å². The van der Waals surface area contributed by atoms with Crippen LogP contribution in [0.4, 0.5) is 0 Å². The quantitative estimate of drug-likeness (QED) is 0.190. The van der Waals surface area contributed by atoms with Crippen molar-refractivity contribution in [3.8, 4) is 0 Å². The maximum atomic E-state index is 12.9. The molecule has 13 heteroatoms. The summed E-state index contributed by atoms with van der Waals surface area (Å²) in [5.74, 6) is -7.70. The zero-order valence-corrected chi connectivity index (χ0v) is 16.6. The molecule has 0 saturated carbocycles. The van der Waals surface area contributed by atoms with Gasteiger partial charge in [0.2, 0.25) is 17.7 Å². The monoisotopic (exact) mass is 437 g/mol. The number of nitrogens with zero attached hydrogens (tertiary/aromatic N) is 2. The lowest BCUT2D eigenvalue weighted by Crippen LogP contribution is -2.51. The summed E-state index contributed by atoms with van der Waals surface area (Å²) >= 11 is 0. The Kier molecular flexibility index (Phi) is 7.58. The summed E-state index contributed by atoms with van der Waals surface area (Å²) < 4.78 is 0. The summed E-state index contributed by atoms with van der Waals surface area (Å²) in [5, 5.41) is 20.7. The molecule has 0 unspecified atom stereocenters. The van der Waals surface area contributed by atoms with E-state index in [4.69, 9.17) is 10.8 Å². The van der Waals surface area contributed by atoms with E-state index in [-0.39, 0.29) is 12.8 Å². The van der Waals surface area contributed by atoms with E-state index >= 15 is 0 Å². The number of carboxylic acids is 2. The van der Waals surface area contributed by atoms with E-state index in [0.29, 0.717) is 10.6 Å². The molecule has 0 spiro atoms. The molecule has 1 aliphatic heterocycles. The van der Waals surface area contributed by atoms with E-state index < -0.39 is 72.3 Å². The number of hydrogen-bond donors (Lipinski definition) is 5. The summed E-state index contributed by atoms with van der Waals surface area (Å²) in [6.45, 7) is 1.35. The maximum Gasteiger partial charge on any atom is 0.327 e. The largest absolute Gasteiger partial charge is 0.481 e. The smallest absolute Gasteiger partial charge is 0.327 e. The number of Topliss-reactive ketones (excluding diaryl/α,β-unsaturated/α-hetero) is 1. The van der Waals surface area contributed by atoms with Crippen molar-refractivity contribution in [1.82, 2.24) is 20.2 Å². The number of rotatable bonds is 11. The molecule has 3 amide bonds. The molecule has 0 aromatic carbocycles. The second kappa shape index (κ2) is 9.93. The van der Waals surface area contributed by atoms with Gasteiger partial charge in [-0.2, -0.15) is 0 Å². The number of carbonyl (C=O) groups is 6. The van der Waals surface area contributed by atoms with Crippen LogP contribution in [0.15, 0.2) is 12.5 Å². The summed E-state index contributed by atoms with van der Waals surface area (Å²) in [4.78, 5) is 79.7. The van der Waals surface area contributed by atoms with Gasteiger partial charge in [0, 0.05) is 31.2 Å². The lowest BCUT2D eigenvalue weighted by atomic mass is 9.93. The topological polar surface area (TPSA) is 213 Å². The van der Waals surface area contributed by atoms with Gasteiger partial charge in [-0.15, -0.1) is 0 Å². The van der Waals surface area contributed by atoms with Crippen LogP contribution in [-0.4, -0.2) is 78.6 Å².